The van der Waals surface area contributed by atoms with Crippen LogP contribution in [0.1, 0.15) is 10.4 Å². The normalized spacial score (nSPS) is 11.2. The first-order valence-electron chi connectivity index (χ1n) is 8.00. The van der Waals surface area contributed by atoms with Crippen LogP contribution in [0.2, 0.25) is 0 Å². The quantitative estimate of drug-likeness (QED) is 0.600. The number of halogens is 4. The van der Waals surface area contributed by atoms with E-state index in [1.54, 1.807) is 0 Å². The summed E-state index contributed by atoms with van der Waals surface area (Å²) in [5, 5.41) is 2.24. The second kappa shape index (κ2) is 7.92. The first-order chi connectivity index (χ1) is 13.7. The van der Waals surface area contributed by atoms with Crippen molar-refractivity contribution in [2.24, 2.45) is 0 Å². The minimum Gasteiger partial charge on any atom is -0.319 e. The standard InChI is InChI=1S/C19H12F4N2O3S/c20-12-3-1-11(2-4-12)19(26)24-17-8-6-14(10-16(17)23)29(27,28)25-18-7-5-13(21)9-15(18)22/h1-10,25H,(H,24,26). The Labute approximate surface area is 163 Å². The number of sulfonamides is 1. The Morgan fingerprint density at radius 2 is 1.31 bits per heavy atom. The fourth-order valence-electron chi connectivity index (χ4n) is 2.34. The molecule has 0 spiro atoms. The van der Waals surface area contributed by atoms with E-state index >= 15 is 0 Å². The molecule has 0 fully saturated rings. The highest BCUT2D eigenvalue weighted by molar-refractivity contribution is 7.92. The highest BCUT2D eigenvalue weighted by Crippen LogP contribution is 2.23. The Morgan fingerprint density at radius 3 is 1.93 bits per heavy atom. The van der Waals surface area contributed by atoms with Crippen LogP contribution in [0, 0.1) is 23.3 Å². The van der Waals surface area contributed by atoms with E-state index in [2.05, 4.69) is 5.32 Å². The lowest BCUT2D eigenvalue weighted by molar-refractivity contribution is 0.102. The van der Waals surface area contributed by atoms with Crippen molar-refractivity contribution in [3.05, 3.63) is 89.5 Å². The number of benzene rings is 3. The van der Waals surface area contributed by atoms with Gasteiger partial charge in [-0.15, -0.1) is 0 Å². The number of hydrogen-bond acceptors (Lipinski definition) is 3. The Morgan fingerprint density at radius 1 is 0.724 bits per heavy atom. The topological polar surface area (TPSA) is 75.3 Å². The number of rotatable bonds is 5. The lowest BCUT2D eigenvalue weighted by Crippen LogP contribution is -2.16. The highest BCUT2D eigenvalue weighted by Gasteiger charge is 2.19. The van der Waals surface area contributed by atoms with Crippen molar-refractivity contribution < 1.29 is 30.8 Å². The van der Waals surface area contributed by atoms with Gasteiger partial charge in [0, 0.05) is 11.6 Å². The Hall–Kier alpha value is -3.40. The summed E-state index contributed by atoms with van der Waals surface area (Å²) in [6.07, 6.45) is 0. The summed E-state index contributed by atoms with van der Waals surface area (Å²) >= 11 is 0. The molecule has 1 amide bonds. The van der Waals surface area contributed by atoms with Crippen molar-refractivity contribution in [3.8, 4) is 0 Å². The van der Waals surface area contributed by atoms with Gasteiger partial charge in [0.05, 0.1) is 16.3 Å². The molecule has 0 bridgehead atoms. The molecule has 0 aromatic heterocycles. The number of carbonyl (C=O) groups excluding carboxylic acids is 1. The van der Waals surface area contributed by atoms with Gasteiger partial charge in [-0.25, -0.2) is 26.0 Å². The third kappa shape index (κ3) is 4.72. The molecule has 3 aromatic carbocycles. The number of hydrogen-bond donors (Lipinski definition) is 2. The van der Waals surface area contributed by atoms with Crippen LogP contribution >= 0.6 is 0 Å². The molecule has 10 heteroatoms. The zero-order chi connectivity index (χ0) is 21.2. The van der Waals surface area contributed by atoms with Gasteiger partial charge in [-0.2, -0.15) is 0 Å². The van der Waals surface area contributed by atoms with E-state index < -0.39 is 49.8 Å². The summed E-state index contributed by atoms with van der Waals surface area (Å²) in [6.45, 7) is 0. The van der Waals surface area contributed by atoms with Gasteiger partial charge in [-0.05, 0) is 54.6 Å². The van der Waals surface area contributed by atoms with Crippen LogP contribution in [0.3, 0.4) is 0 Å². The van der Waals surface area contributed by atoms with Gasteiger partial charge < -0.3 is 5.32 Å². The lowest BCUT2D eigenvalue weighted by atomic mass is 10.2. The van der Waals surface area contributed by atoms with Crippen LogP contribution in [0.5, 0.6) is 0 Å². The average Bonchev–Trinajstić information content (AvgIpc) is 2.66. The fourth-order valence-corrected chi connectivity index (χ4v) is 3.41. The summed E-state index contributed by atoms with van der Waals surface area (Å²) in [5.41, 5.74) is -0.761. The largest absolute Gasteiger partial charge is 0.319 e. The Kier molecular flexibility index (Phi) is 5.55. The van der Waals surface area contributed by atoms with E-state index in [0.29, 0.717) is 12.1 Å². The third-order valence-corrected chi connectivity index (χ3v) is 5.14. The summed E-state index contributed by atoms with van der Waals surface area (Å²) in [6, 6.07) is 9.37. The first-order valence-corrected chi connectivity index (χ1v) is 9.48. The molecule has 0 aliphatic heterocycles. The molecule has 0 unspecified atom stereocenters. The van der Waals surface area contributed by atoms with Crippen LogP contribution in [-0.2, 0) is 10.0 Å². The van der Waals surface area contributed by atoms with Gasteiger partial charge in [0.2, 0.25) is 0 Å². The van der Waals surface area contributed by atoms with Crippen LogP contribution in [0.15, 0.2) is 65.6 Å². The molecular weight excluding hydrogens is 412 g/mol. The van der Waals surface area contributed by atoms with Gasteiger partial charge in [-0.3, -0.25) is 9.52 Å². The zero-order valence-electron chi connectivity index (χ0n) is 14.4. The number of amides is 1. The summed E-state index contributed by atoms with van der Waals surface area (Å²) in [5.74, 6) is -4.38. The van der Waals surface area contributed by atoms with Crippen LogP contribution in [0.25, 0.3) is 0 Å². The Balaban J connectivity index is 1.80. The molecular formula is C19H12F4N2O3S. The van der Waals surface area contributed by atoms with Crippen LogP contribution < -0.4 is 10.0 Å². The second-order valence-corrected chi connectivity index (χ2v) is 7.51. The van der Waals surface area contributed by atoms with Crippen molar-refractivity contribution in [3.63, 3.8) is 0 Å². The van der Waals surface area contributed by atoms with Gasteiger partial charge in [-0.1, -0.05) is 0 Å². The van der Waals surface area contributed by atoms with Gasteiger partial charge in [0.1, 0.15) is 23.3 Å². The van der Waals surface area contributed by atoms with Crippen molar-refractivity contribution in [2.75, 3.05) is 10.0 Å². The smallest absolute Gasteiger partial charge is 0.262 e. The van der Waals surface area contributed by atoms with Crippen LogP contribution in [0.4, 0.5) is 28.9 Å². The fraction of sp³-hybridized carbons (Fsp3) is 0. The van der Waals surface area contributed by atoms with Crippen LogP contribution in [-0.4, -0.2) is 14.3 Å². The molecule has 0 heterocycles. The van der Waals surface area contributed by atoms with Crippen molar-refractivity contribution in [1.82, 2.24) is 0 Å². The van der Waals surface area contributed by atoms with Gasteiger partial charge in [0.15, 0.2) is 0 Å². The SMILES string of the molecule is O=C(Nc1ccc(S(=O)(=O)Nc2ccc(F)cc2F)cc1F)c1ccc(F)cc1. The third-order valence-electron chi connectivity index (χ3n) is 3.78. The number of anilines is 2. The van der Waals surface area contributed by atoms with Gasteiger partial charge >= 0.3 is 0 Å². The van der Waals surface area contributed by atoms with E-state index in [4.69, 9.17) is 0 Å². The lowest BCUT2D eigenvalue weighted by Gasteiger charge is -2.11. The zero-order valence-corrected chi connectivity index (χ0v) is 15.2. The maximum absolute atomic E-state index is 14.3. The van der Waals surface area contributed by atoms with E-state index in [-0.39, 0.29) is 11.3 Å². The predicted molar refractivity (Wildman–Crippen MR) is 97.9 cm³/mol. The molecule has 29 heavy (non-hydrogen) atoms. The van der Waals surface area contributed by atoms with E-state index in [1.807, 2.05) is 4.72 Å². The second-order valence-electron chi connectivity index (χ2n) is 5.83. The van der Waals surface area contributed by atoms with Gasteiger partial charge in [0.25, 0.3) is 15.9 Å². The first kappa shape index (κ1) is 20.3. The molecule has 0 atom stereocenters. The van der Waals surface area contributed by atoms with E-state index in [0.717, 1.165) is 36.4 Å². The van der Waals surface area contributed by atoms with Crippen molar-refractivity contribution >= 4 is 27.3 Å². The molecule has 2 N–H and O–H groups in total. The number of carbonyl (C=O) groups is 1. The molecule has 0 saturated carbocycles. The molecule has 0 radical (unpaired) electrons. The van der Waals surface area contributed by atoms with E-state index in [9.17, 15) is 30.8 Å². The summed E-state index contributed by atoms with van der Waals surface area (Å²) in [7, 11) is -4.38. The minimum atomic E-state index is -4.38. The predicted octanol–water partition coefficient (Wildman–Crippen LogP) is 4.30. The summed E-state index contributed by atoms with van der Waals surface area (Å²) in [4.78, 5) is 11.5. The highest BCUT2D eigenvalue weighted by atomic mass is 32.2. The molecule has 0 aliphatic rings. The maximum Gasteiger partial charge on any atom is 0.262 e. The summed E-state index contributed by atoms with van der Waals surface area (Å²) < 4.78 is 80.3. The minimum absolute atomic E-state index is 0.0657. The van der Waals surface area contributed by atoms with Crippen molar-refractivity contribution in [2.45, 2.75) is 4.90 Å². The molecule has 3 aromatic rings. The maximum atomic E-state index is 14.3. The van der Waals surface area contributed by atoms with E-state index in [1.165, 1.54) is 12.1 Å². The van der Waals surface area contributed by atoms with Crippen molar-refractivity contribution in [1.29, 1.82) is 0 Å². The molecule has 150 valence electrons. The average molecular weight is 424 g/mol. The number of nitrogens with one attached hydrogen (secondary N) is 2. The molecule has 3 rings (SSSR count). The molecule has 5 nitrogen and oxygen atoms in total. The Bertz CT molecular complexity index is 1180. The molecule has 0 saturated heterocycles. The molecule has 0 aliphatic carbocycles. The monoisotopic (exact) mass is 424 g/mol.